The number of aromatic nitrogens is 1. The quantitative estimate of drug-likeness (QED) is 0.252. The molecule has 0 spiro atoms. The van der Waals surface area contributed by atoms with Crippen molar-refractivity contribution in [3.63, 3.8) is 0 Å². The number of alkyl halides is 6. The summed E-state index contributed by atoms with van der Waals surface area (Å²) in [4.78, 5) is 25.0. The van der Waals surface area contributed by atoms with Crippen molar-refractivity contribution in [2.45, 2.75) is 25.9 Å². The normalized spacial score (nSPS) is 13.0. The van der Waals surface area contributed by atoms with Gasteiger partial charge in [0.2, 0.25) is 0 Å². The summed E-state index contributed by atoms with van der Waals surface area (Å²) < 4.78 is 83.8. The van der Waals surface area contributed by atoms with E-state index in [0.29, 0.717) is 0 Å². The molecule has 0 saturated carbocycles. The molecule has 1 aromatic carbocycles. The van der Waals surface area contributed by atoms with E-state index in [1.165, 1.54) is 19.1 Å². The van der Waals surface area contributed by atoms with Crippen molar-refractivity contribution in [2.75, 3.05) is 14.2 Å². The van der Waals surface area contributed by atoms with Gasteiger partial charge in [-0.05, 0) is 25.1 Å². The topological polar surface area (TPSA) is 82.4 Å². The number of hydrogen-bond donors (Lipinski definition) is 0. The van der Waals surface area contributed by atoms with Crippen molar-refractivity contribution < 1.29 is 45.5 Å². The van der Waals surface area contributed by atoms with Crippen molar-refractivity contribution in [3.8, 4) is 0 Å². The monoisotopic (exact) mass is 477 g/mol. The largest absolute Gasteiger partial charge is 0.464 e. The van der Waals surface area contributed by atoms with Gasteiger partial charge in [-0.2, -0.15) is 26.3 Å². The van der Waals surface area contributed by atoms with Crippen LogP contribution in [0.3, 0.4) is 0 Å². The zero-order valence-electron chi connectivity index (χ0n) is 17.4. The van der Waals surface area contributed by atoms with E-state index in [1.807, 2.05) is 0 Å². The molecule has 2 rings (SSSR count). The summed E-state index contributed by atoms with van der Waals surface area (Å²) in [6.07, 6.45) is -9.52. The van der Waals surface area contributed by atoms with Gasteiger partial charge in [0.15, 0.2) is 5.71 Å². The van der Waals surface area contributed by atoms with Crippen LogP contribution in [0.2, 0.25) is 0 Å². The number of carbonyl (C=O) groups is 1. The number of pyridine rings is 1. The van der Waals surface area contributed by atoms with Gasteiger partial charge in [-0.25, -0.2) is 9.78 Å². The molecule has 2 aromatic rings. The molecular weight excluding hydrogens is 460 g/mol. The Balaban J connectivity index is 2.44. The third-order valence-electron chi connectivity index (χ3n) is 4.12. The first-order valence-electron chi connectivity index (χ1n) is 9.00. The molecule has 13 heteroatoms. The van der Waals surface area contributed by atoms with Gasteiger partial charge in [0, 0.05) is 11.1 Å². The number of halogens is 6. The number of oxime groups is 2. The Labute approximate surface area is 183 Å². The first-order chi connectivity index (χ1) is 15.4. The molecule has 0 aliphatic carbocycles. The molecule has 0 aliphatic heterocycles. The van der Waals surface area contributed by atoms with E-state index >= 15 is 0 Å². The molecule has 0 amide bonds. The lowest BCUT2D eigenvalue weighted by molar-refractivity contribution is -0.141. The van der Waals surface area contributed by atoms with Crippen LogP contribution < -0.4 is 0 Å². The Morgan fingerprint density at radius 3 is 2.21 bits per heavy atom. The molecule has 7 nitrogen and oxygen atoms in total. The summed E-state index contributed by atoms with van der Waals surface area (Å²) in [5.41, 5.74) is -3.97. The maximum Gasteiger partial charge on any atom is 0.433 e. The maximum atomic E-state index is 13.6. The molecule has 1 aromatic heterocycles. The highest BCUT2D eigenvalue weighted by Crippen LogP contribution is 2.34. The number of rotatable bonds is 7. The van der Waals surface area contributed by atoms with Gasteiger partial charge in [0.25, 0.3) is 0 Å². The summed E-state index contributed by atoms with van der Waals surface area (Å²) in [5.74, 6) is -1.06. The van der Waals surface area contributed by atoms with Crippen LogP contribution in [0.15, 0.2) is 46.7 Å². The Morgan fingerprint density at radius 1 is 0.970 bits per heavy atom. The molecule has 0 aliphatic rings. The van der Waals surface area contributed by atoms with Crippen LogP contribution >= 0.6 is 0 Å². The molecule has 0 N–H and O–H groups in total. The minimum Gasteiger partial charge on any atom is -0.464 e. The smallest absolute Gasteiger partial charge is 0.433 e. The summed E-state index contributed by atoms with van der Waals surface area (Å²) in [6, 6.07) is 6.07. The van der Waals surface area contributed by atoms with E-state index in [2.05, 4.69) is 24.9 Å². The molecule has 0 fully saturated rings. The highest BCUT2D eigenvalue weighted by Gasteiger charge is 2.36. The predicted octanol–water partition coefficient (Wildman–Crippen LogP) is 4.58. The molecule has 0 unspecified atom stereocenters. The molecule has 1 heterocycles. The van der Waals surface area contributed by atoms with Gasteiger partial charge < -0.3 is 14.4 Å². The van der Waals surface area contributed by atoms with Gasteiger partial charge in [-0.3, -0.25) is 0 Å². The number of nitrogens with zero attached hydrogens (tertiary/aromatic N) is 3. The minimum absolute atomic E-state index is 0.120. The van der Waals surface area contributed by atoms with Gasteiger partial charge in [0.05, 0.1) is 18.4 Å². The lowest BCUT2D eigenvalue weighted by atomic mass is 9.97. The second-order valence-corrected chi connectivity index (χ2v) is 6.30. The van der Waals surface area contributed by atoms with Crippen molar-refractivity contribution in [1.29, 1.82) is 0 Å². The molecule has 33 heavy (non-hydrogen) atoms. The third-order valence-corrected chi connectivity index (χ3v) is 4.12. The first-order valence-corrected chi connectivity index (χ1v) is 9.00. The fourth-order valence-electron chi connectivity index (χ4n) is 2.65. The molecule has 0 bridgehead atoms. The lowest BCUT2D eigenvalue weighted by Gasteiger charge is -2.16. The summed E-state index contributed by atoms with van der Waals surface area (Å²) in [6.45, 7) is 0.465. The van der Waals surface area contributed by atoms with E-state index in [1.54, 1.807) is 0 Å². The van der Waals surface area contributed by atoms with Crippen molar-refractivity contribution in [2.24, 2.45) is 10.3 Å². The van der Waals surface area contributed by atoms with E-state index in [9.17, 15) is 31.1 Å². The van der Waals surface area contributed by atoms with Crippen LogP contribution in [0.25, 0.3) is 0 Å². The molecule has 0 radical (unpaired) electrons. The number of benzene rings is 1. The minimum atomic E-state index is -4.83. The average Bonchev–Trinajstić information content (AvgIpc) is 2.75. The molecular formula is C20H17F6N3O4. The zero-order chi connectivity index (χ0) is 24.8. The summed E-state index contributed by atoms with van der Waals surface area (Å²) in [5, 5.41) is 7.02. The first kappa shape index (κ1) is 25.6. The number of esters is 1. The highest BCUT2D eigenvalue weighted by molar-refractivity contribution is 6.43. The Bertz CT molecular complexity index is 1060. The van der Waals surface area contributed by atoms with Gasteiger partial charge in [-0.15, -0.1) is 0 Å². The van der Waals surface area contributed by atoms with Crippen LogP contribution in [0, 0.1) is 0 Å². The Kier molecular flexibility index (Phi) is 8.01. The van der Waals surface area contributed by atoms with Crippen LogP contribution in [0.4, 0.5) is 26.3 Å². The van der Waals surface area contributed by atoms with Gasteiger partial charge >= 0.3 is 18.3 Å². The van der Waals surface area contributed by atoms with Crippen molar-refractivity contribution in [3.05, 3.63) is 64.5 Å². The van der Waals surface area contributed by atoms with Crippen molar-refractivity contribution in [1.82, 2.24) is 4.98 Å². The predicted molar refractivity (Wildman–Crippen MR) is 103 cm³/mol. The number of ether oxygens (including phenoxy) is 1. The second kappa shape index (κ2) is 10.3. The SMILES string of the molecule is CO/N=C(/C(=O)OC)c1cccc(C(F)(F)F)c1CO/N=C(\C)c1cccc(C(F)(F)F)n1. The maximum absolute atomic E-state index is 13.6. The van der Waals surface area contributed by atoms with Gasteiger partial charge in [0.1, 0.15) is 25.1 Å². The van der Waals surface area contributed by atoms with Crippen LogP contribution in [0.1, 0.15) is 35.0 Å². The zero-order valence-corrected chi connectivity index (χ0v) is 17.4. The Hall–Kier alpha value is -3.64. The van der Waals surface area contributed by atoms with E-state index in [0.717, 1.165) is 38.5 Å². The number of hydrogen-bond acceptors (Lipinski definition) is 7. The van der Waals surface area contributed by atoms with Crippen LogP contribution in [-0.4, -0.2) is 36.6 Å². The van der Waals surface area contributed by atoms with E-state index in [4.69, 9.17) is 4.84 Å². The lowest BCUT2D eigenvalue weighted by Crippen LogP contribution is -2.22. The van der Waals surface area contributed by atoms with E-state index < -0.39 is 47.5 Å². The van der Waals surface area contributed by atoms with Crippen LogP contribution in [0.5, 0.6) is 0 Å². The molecule has 0 atom stereocenters. The number of methoxy groups -OCH3 is 1. The van der Waals surface area contributed by atoms with Crippen LogP contribution in [-0.2, 0) is 38.2 Å². The third kappa shape index (κ3) is 6.43. The Morgan fingerprint density at radius 2 is 1.64 bits per heavy atom. The molecule has 178 valence electrons. The molecule has 0 saturated heterocycles. The standard InChI is InChI=1S/C20H17F6N3O4/c1-11(15-8-5-9-16(27-15)20(24,25)26)28-33-10-13-12(17(29-32-3)18(30)31-2)6-4-7-14(13)19(21,22)23/h4-9H,10H2,1-3H3/b28-11+,29-17+. The summed E-state index contributed by atoms with van der Waals surface area (Å²) >= 11 is 0. The fraction of sp³-hybridized carbons (Fsp3) is 0.300. The number of carbonyl (C=O) groups excluding carboxylic acids is 1. The van der Waals surface area contributed by atoms with Gasteiger partial charge in [-0.1, -0.05) is 28.5 Å². The highest BCUT2D eigenvalue weighted by atomic mass is 19.4. The summed E-state index contributed by atoms with van der Waals surface area (Å²) in [7, 11) is 2.09. The van der Waals surface area contributed by atoms with E-state index in [-0.39, 0.29) is 17.0 Å². The average molecular weight is 477 g/mol. The van der Waals surface area contributed by atoms with Crippen molar-refractivity contribution >= 4 is 17.4 Å². The fourth-order valence-corrected chi connectivity index (χ4v) is 2.65. The second-order valence-electron chi connectivity index (χ2n) is 6.30.